The van der Waals surface area contributed by atoms with Crippen LogP contribution in [0, 0.1) is 0 Å². The lowest BCUT2D eigenvalue weighted by Crippen LogP contribution is -2.33. The van der Waals surface area contributed by atoms with Crippen LogP contribution < -0.4 is 5.73 Å². The molecule has 0 fully saturated rings. The van der Waals surface area contributed by atoms with E-state index in [4.69, 9.17) is 15.9 Å². The predicted octanol–water partition coefficient (Wildman–Crippen LogP) is 0.554. The first-order valence-electron chi connectivity index (χ1n) is 3.84. The van der Waals surface area contributed by atoms with E-state index in [0.29, 0.717) is 5.56 Å². The first-order chi connectivity index (χ1) is 6.13. The Hall–Kier alpha value is -1.10. The summed E-state index contributed by atoms with van der Waals surface area (Å²) >= 11 is 0. The van der Waals surface area contributed by atoms with Gasteiger partial charge in [0.15, 0.2) is 6.10 Å². The third-order valence-electron chi connectivity index (χ3n) is 1.78. The standard InChI is InChI=1S/C9H11NO3.ClH/c10-7(8(11)9(12)13)6-4-2-1-3-5-6;/h1-5,7-8,11H,10H2,(H,12,13);1H/t7-,8-;/m0./s1. The maximum Gasteiger partial charge on any atom is 0.334 e. The van der Waals surface area contributed by atoms with Crippen LogP contribution >= 0.6 is 12.4 Å². The molecule has 0 spiro atoms. The quantitative estimate of drug-likeness (QED) is 0.691. The highest BCUT2D eigenvalue weighted by Crippen LogP contribution is 2.13. The van der Waals surface area contributed by atoms with Crippen LogP contribution in [0.3, 0.4) is 0 Å². The van der Waals surface area contributed by atoms with Crippen molar-refractivity contribution in [1.82, 2.24) is 0 Å². The first kappa shape index (κ1) is 12.9. The van der Waals surface area contributed by atoms with Crippen molar-refractivity contribution in [2.75, 3.05) is 0 Å². The molecule has 1 rings (SSSR count). The summed E-state index contributed by atoms with van der Waals surface area (Å²) in [6.07, 6.45) is -1.55. The number of rotatable bonds is 3. The van der Waals surface area contributed by atoms with Gasteiger partial charge in [-0.25, -0.2) is 4.79 Å². The number of aliphatic hydroxyl groups excluding tert-OH is 1. The Morgan fingerprint density at radius 2 is 1.79 bits per heavy atom. The summed E-state index contributed by atoms with van der Waals surface area (Å²) < 4.78 is 0. The molecule has 0 heterocycles. The number of carbonyl (C=O) groups is 1. The zero-order valence-corrected chi connectivity index (χ0v) is 8.15. The highest BCUT2D eigenvalue weighted by atomic mass is 35.5. The number of carboxylic acid groups (broad SMARTS) is 1. The van der Waals surface area contributed by atoms with E-state index < -0.39 is 18.1 Å². The van der Waals surface area contributed by atoms with Crippen LogP contribution in [0.1, 0.15) is 11.6 Å². The Morgan fingerprint density at radius 1 is 1.29 bits per heavy atom. The molecule has 1 aromatic carbocycles. The average Bonchev–Trinajstić information content (AvgIpc) is 2.17. The minimum absolute atomic E-state index is 0. The number of benzene rings is 1. The Balaban J connectivity index is 0.00000169. The zero-order valence-electron chi connectivity index (χ0n) is 7.33. The molecule has 0 saturated heterocycles. The average molecular weight is 218 g/mol. The van der Waals surface area contributed by atoms with Crippen molar-refractivity contribution in [3.05, 3.63) is 35.9 Å². The minimum Gasteiger partial charge on any atom is -0.479 e. The number of carboxylic acids is 1. The molecule has 1 aromatic rings. The molecule has 78 valence electrons. The maximum atomic E-state index is 10.4. The van der Waals surface area contributed by atoms with E-state index >= 15 is 0 Å². The molecule has 5 heteroatoms. The SMILES string of the molecule is Cl.N[C@@H](c1ccccc1)[C@H](O)C(=O)O. The summed E-state index contributed by atoms with van der Waals surface area (Å²) in [5, 5.41) is 17.6. The lowest BCUT2D eigenvalue weighted by molar-refractivity contribution is -0.147. The second-order valence-electron chi connectivity index (χ2n) is 2.72. The first-order valence-corrected chi connectivity index (χ1v) is 3.84. The lowest BCUT2D eigenvalue weighted by Gasteiger charge is -2.14. The van der Waals surface area contributed by atoms with Gasteiger partial charge in [-0.05, 0) is 5.56 Å². The van der Waals surface area contributed by atoms with Gasteiger partial charge in [0.2, 0.25) is 0 Å². The van der Waals surface area contributed by atoms with Gasteiger partial charge < -0.3 is 15.9 Å². The summed E-state index contributed by atoms with van der Waals surface area (Å²) in [5.41, 5.74) is 6.12. The molecule has 0 bridgehead atoms. The lowest BCUT2D eigenvalue weighted by atomic mass is 10.0. The van der Waals surface area contributed by atoms with Gasteiger partial charge in [-0.3, -0.25) is 0 Å². The molecule has 0 aliphatic carbocycles. The van der Waals surface area contributed by atoms with Crippen molar-refractivity contribution in [3.8, 4) is 0 Å². The molecule has 4 N–H and O–H groups in total. The van der Waals surface area contributed by atoms with Gasteiger partial charge in [0.25, 0.3) is 0 Å². The van der Waals surface area contributed by atoms with E-state index in [1.165, 1.54) is 0 Å². The van der Waals surface area contributed by atoms with Gasteiger partial charge in [0, 0.05) is 0 Å². The number of aliphatic hydroxyl groups is 1. The molecule has 0 unspecified atom stereocenters. The van der Waals surface area contributed by atoms with Crippen molar-refractivity contribution in [3.63, 3.8) is 0 Å². The number of hydrogen-bond acceptors (Lipinski definition) is 3. The van der Waals surface area contributed by atoms with Crippen molar-refractivity contribution in [2.24, 2.45) is 5.73 Å². The smallest absolute Gasteiger partial charge is 0.334 e. The molecule has 14 heavy (non-hydrogen) atoms. The minimum atomic E-state index is -1.55. The van der Waals surface area contributed by atoms with Crippen LogP contribution in [0.25, 0.3) is 0 Å². The third-order valence-corrected chi connectivity index (χ3v) is 1.78. The van der Waals surface area contributed by atoms with Crippen LogP contribution in [0.5, 0.6) is 0 Å². The highest BCUT2D eigenvalue weighted by molar-refractivity contribution is 5.85. The molecule has 0 radical (unpaired) electrons. The number of aliphatic carboxylic acids is 1. The Kier molecular flexibility index (Phi) is 5.15. The second kappa shape index (κ2) is 5.59. The van der Waals surface area contributed by atoms with E-state index in [9.17, 15) is 4.79 Å². The fraction of sp³-hybridized carbons (Fsp3) is 0.222. The van der Waals surface area contributed by atoms with Crippen molar-refractivity contribution < 1.29 is 15.0 Å². The molecular weight excluding hydrogens is 206 g/mol. The largest absolute Gasteiger partial charge is 0.479 e. The molecular formula is C9H12ClNO3. The predicted molar refractivity (Wildman–Crippen MR) is 54.3 cm³/mol. The van der Waals surface area contributed by atoms with Gasteiger partial charge >= 0.3 is 5.97 Å². The van der Waals surface area contributed by atoms with E-state index in [-0.39, 0.29) is 12.4 Å². The van der Waals surface area contributed by atoms with Crippen LogP contribution in [0.4, 0.5) is 0 Å². The Labute approximate surface area is 87.8 Å². The van der Waals surface area contributed by atoms with E-state index in [1.54, 1.807) is 30.3 Å². The maximum absolute atomic E-state index is 10.4. The van der Waals surface area contributed by atoms with Crippen molar-refractivity contribution >= 4 is 18.4 Å². The summed E-state index contributed by atoms with van der Waals surface area (Å²) in [7, 11) is 0. The van der Waals surface area contributed by atoms with Gasteiger partial charge in [0.1, 0.15) is 0 Å². The van der Waals surface area contributed by atoms with E-state index in [0.717, 1.165) is 0 Å². The fourth-order valence-electron chi connectivity index (χ4n) is 1.01. The van der Waals surface area contributed by atoms with Gasteiger partial charge in [-0.15, -0.1) is 12.4 Å². The third kappa shape index (κ3) is 2.99. The highest BCUT2D eigenvalue weighted by Gasteiger charge is 2.22. The molecule has 0 aliphatic heterocycles. The normalized spacial score (nSPS) is 13.9. The topological polar surface area (TPSA) is 83.5 Å². The van der Waals surface area contributed by atoms with Crippen LogP contribution in [-0.4, -0.2) is 22.3 Å². The van der Waals surface area contributed by atoms with Gasteiger partial charge in [-0.2, -0.15) is 0 Å². The van der Waals surface area contributed by atoms with Crippen LogP contribution in [-0.2, 0) is 4.79 Å². The Bertz CT molecular complexity index is 291. The summed E-state index contributed by atoms with van der Waals surface area (Å²) in [6.45, 7) is 0. The van der Waals surface area contributed by atoms with Crippen LogP contribution in [0.2, 0.25) is 0 Å². The van der Waals surface area contributed by atoms with E-state index in [2.05, 4.69) is 0 Å². The van der Waals surface area contributed by atoms with Crippen molar-refractivity contribution in [2.45, 2.75) is 12.1 Å². The second-order valence-corrected chi connectivity index (χ2v) is 2.72. The fourth-order valence-corrected chi connectivity index (χ4v) is 1.01. The van der Waals surface area contributed by atoms with Gasteiger partial charge in [0.05, 0.1) is 6.04 Å². The monoisotopic (exact) mass is 217 g/mol. The molecule has 0 saturated carbocycles. The van der Waals surface area contributed by atoms with Crippen LogP contribution in [0.15, 0.2) is 30.3 Å². The molecule has 0 aromatic heterocycles. The number of hydrogen-bond donors (Lipinski definition) is 3. The molecule has 4 nitrogen and oxygen atoms in total. The van der Waals surface area contributed by atoms with E-state index in [1.807, 2.05) is 0 Å². The summed E-state index contributed by atoms with van der Waals surface area (Å²) in [4.78, 5) is 10.4. The number of halogens is 1. The van der Waals surface area contributed by atoms with Gasteiger partial charge in [-0.1, -0.05) is 30.3 Å². The van der Waals surface area contributed by atoms with Crippen molar-refractivity contribution in [1.29, 1.82) is 0 Å². The molecule has 0 aliphatic rings. The molecule has 2 atom stereocenters. The summed E-state index contributed by atoms with van der Waals surface area (Å²) in [6, 6.07) is 7.75. The zero-order chi connectivity index (χ0) is 9.84. The Morgan fingerprint density at radius 3 is 2.21 bits per heavy atom. The molecule has 0 amide bonds. The number of nitrogens with two attached hydrogens (primary N) is 1. The summed E-state index contributed by atoms with van der Waals surface area (Å²) in [5.74, 6) is -1.31.